The van der Waals surface area contributed by atoms with Crippen LogP contribution < -0.4 is 26.0 Å². The highest BCUT2D eigenvalue weighted by Crippen LogP contribution is 2.27. The zero-order valence-electron chi connectivity index (χ0n) is 22.4. The van der Waals surface area contributed by atoms with Crippen LogP contribution in [-0.4, -0.2) is 54.6 Å². The summed E-state index contributed by atoms with van der Waals surface area (Å²) in [5, 5.41) is 10.8. The normalized spacial score (nSPS) is 10.5. The number of aryl methyl sites for hydroxylation is 1. The number of benzene rings is 2. The molecule has 0 saturated heterocycles. The smallest absolute Gasteiger partial charge is 0.323 e. The van der Waals surface area contributed by atoms with Crippen LogP contribution >= 0.6 is 0 Å². The Morgan fingerprint density at radius 1 is 0.951 bits per heavy atom. The third-order valence-electron chi connectivity index (χ3n) is 5.75. The lowest BCUT2D eigenvalue weighted by Crippen LogP contribution is -2.34. The van der Waals surface area contributed by atoms with Crippen molar-refractivity contribution in [1.82, 2.24) is 20.6 Å². The molecule has 0 bridgehead atoms. The van der Waals surface area contributed by atoms with Crippen molar-refractivity contribution < 1.29 is 28.2 Å². The fraction of sp³-hybridized carbons (Fsp3) is 0.172. The van der Waals surface area contributed by atoms with Crippen LogP contribution in [0.3, 0.4) is 0 Å². The topological polar surface area (TPSA) is 146 Å². The van der Waals surface area contributed by atoms with Crippen molar-refractivity contribution in [2.24, 2.45) is 0 Å². The summed E-state index contributed by atoms with van der Waals surface area (Å²) in [5.74, 6) is -0.138. The van der Waals surface area contributed by atoms with Crippen LogP contribution in [0.1, 0.15) is 15.9 Å². The molecule has 0 radical (unpaired) electrons. The van der Waals surface area contributed by atoms with E-state index in [1.54, 1.807) is 73.9 Å². The number of anilines is 2. The van der Waals surface area contributed by atoms with Crippen molar-refractivity contribution in [3.8, 4) is 22.9 Å². The lowest BCUT2D eigenvalue weighted by molar-refractivity contribution is -0.139. The maximum absolute atomic E-state index is 13.9. The largest absolute Gasteiger partial charge is 0.468 e. The number of hydrogen-bond acceptors (Lipinski definition) is 7. The molecule has 2 aromatic carbocycles. The molecule has 0 aliphatic rings. The summed E-state index contributed by atoms with van der Waals surface area (Å²) in [7, 11) is 1.31. The van der Waals surface area contributed by atoms with Gasteiger partial charge in [-0.1, -0.05) is 6.07 Å². The molecule has 0 aliphatic heterocycles. The molecule has 12 heteroatoms. The summed E-state index contributed by atoms with van der Waals surface area (Å²) in [4.78, 5) is 43.2. The summed E-state index contributed by atoms with van der Waals surface area (Å²) in [6.45, 7) is 2.62. The summed E-state index contributed by atoms with van der Waals surface area (Å²) in [6, 6.07) is 15.7. The first-order valence-electron chi connectivity index (χ1n) is 12.6. The maximum atomic E-state index is 13.9. The molecule has 0 saturated carbocycles. The highest BCUT2D eigenvalue weighted by Gasteiger charge is 2.12. The van der Waals surface area contributed by atoms with Crippen LogP contribution in [0, 0.1) is 12.7 Å². The lowest BCUT2D eigenvalue weighted by Gasteiger charge is -2.10. The van der Waals surface area contributed by atoms with Gasteiger partial charge in [0.05, 0.1) is 36.3 Å². The number of amides is 3. The zero-order chi connectivity index (χ0) is 29.2. The molecular formula is C29H29FN6O5. The van der Waals surface area contributed by atoms with Crippen LogP contribution in [0.2, 0.25) is 0 Å². The van der Waals surface area contributed by atoms with E-state index in [1.165, 1.54) is 13.2 Å². The predicted octanol–water partition coefficient (Wildman–Crippen LogP) is 4.45. The minimum atomic E-state index is -0.573. The molecule has 5 N–H and O–H groups in total. The number of carbonyl (C=O) groups excluding carboxylic acids is 3. The van der Waals surface area contributed by atoms with Crippen LogP contribution in [0.15, 0.2) is 73.1 Å². The molecule has 3 amide bonds. The molecule has 4 aromatic rings. The van der Waals surface area contributed by atoms with E-state index in [1.807, 2.05) is 0 Å². The number of nitrogens with one attached hydrogen (secondary N) is 5. The number of methoxy groups -OCH3 is 1. The van der Waals surface area contributed by atoms with Crippen molar-refractivity contribution >= 4 is 29.3 Å². The minimum absolute atomic E-state index is 0.0692. The van der Waals surface area contributed by atoms with Crippen molar-refractivity contribution in [2.45, 2.75) is 6.92 Å². The first-order chi connectivity index (χ1) is 19.8. The molecule has 0 spiro atoms. The maximum Gasteiger partial charge on any atom is 0.323 e. The second kappa shape index (κ2) is 13.7. The number of ether oxygens (including phenoxy) is 2. The van der Waals surface area contributed by atoms with Gasteiger partial charge in [0, 0.05) is 37.2 Å². The summed E-state index contributed by atoms with van der Waals surface area (Å²) in [5.41, 5.74) is 3.03. The van der Waals surface area contributed by atoms with Crippen LogP contribution in [0.4, 0.5) is 20.6 Å². The van der Waals surface area contributed by atoms with Crippen molar-refractivity contribution in [3.05, 3.63) is 90.0 Å². The number of urea groups is 1. The highest BCUT2D eigenvalue weighted by atomic mass is 19.1. The number of aromatic nitrogens is 2. The number of nitrogens with zero attached hydrogens (tertiary/aromatic N) is 1. The highest BCUT2D eigenvalue weighted by molar-refractivity contribution is 6.00. The third-order valence-corrected chi connectivity index (χ3v) is 5.75. The molecule has 0 fully saturated rings. The fourth-order valence-corrected chi connectivity index (χ4v) is 3.69. The van der Waals surface area contributed by atoms with E-state index in [2.05, 4.69) is 36.0 Å². The van der Waals surface area contributed by atoms with Gasteiger partial charge in [0.2, 0.25) is 0 Å². The standard InChI is InChI=1S/C29H29FN6O5/c1-18-3-8-23(30)24(13-18)36-29(39)35-20-4-6-21(7-5-20)41-22-9-10-32-26(15-22)25-14-19(16-34-25)28(38)33-12-11-31-17-27(37)40-2/h3-10,13-16,31,34H,11-12,17H2,1-2H3,(H,33,38)(H2,35,36,39). The summed E-state index contributed by atoms with van der Waals surface area (Å²) >= 11 is 0. The Hall–Kier alpha value is -5.23. The van der Waals surface area contributed by atoms with Crippen molar-refractivity contribution in [2.75, 3.05) is 37.4 Å². The monoisotopic (exact) mass is 560 g/mol. The fourth-order valence-electron chi connectivity index (χ4n) is 3.69. The number of aromatic amines is 1. The van der Waals surface area contributed by atoms with Gasteiger partial charge in [-0.15, -0.1) is 0 Å². The van der Waals surface area contributed by atoms with Gasteiger partial charge in [0.15, 0.2) is 0 Å². The second-order valence-corrected chi connectivity index (χ2v) is 8.88. The van der Waals surface area contributed by atoms with Crippen LogP contribution in [-0.2, 0) is 9.53 Å². The zero-order valence-corrected chi connectivity index (χ0v) is 22.4. The van der Waals surface area contributed by atoms with E-state index in [9.17, 15) is 18.8 Å². The Morgan fingerprint density at radius 2 is 1.76 bits per heavy atom. The van der Waals surface area contributed by atoms with E-state index in [4.69, 9.17) is 4.74 Å². The molecule has 212 valence electrons. The quantitative estimate of drug-likeness (QED) is 0.135. The molecule has 0 unspecified atom stereocenters. The van der Waals surface area contributed by atoms with Gasteiger partial charge in [-0.2, -0.15) is 0 Å². The van der Waals surface area contributed by atoms with Gasteiger partial charge in [0.1, 0.15) is 17.3 Å². The predicted molar refractivity (Wildman–Crippen MR) is 152 cm³/mol. The number of carbonyl (C=O) groups is 3. The van der Waals surface area contributed by atoms with E-state index < -0.39 is 11.8 Å². The van der Waals surface area contributed by atoms with E-state index in [0.29, 0.717) is 47.2 Å². The third kappa shape index (κ3) is 8.38. The first-order valence-corrected chi connectivity index (χ1v) is 12.6. The molecule has 4 rings (SSSR count). The Kier molecular flexibility index (Phi) is 9.62. The van der Waals surface area contributed by atoms with Gasteiger partial charge in [0.25, 0.3) is 5.91 Å². The summed E-state index contributed by atoms with van der Waals surface area (Å²) in [6.07, 6.45) is 3.17. The lowest BCUT2D eigenvalue weighted by atomic mass is 10.2. The minimum Gasteiger partial charge on any atom is -0.468 e. The number of halogens is 1. The van der Waals surface area contributed by atoms with Gasteiger partial charge in [-0.3, -0.25) is 14.6 Å². The van der Waals surface area contributed by atoms with Gasteiger partial charge < -0.3 is 35.7 Å². The Balaban J connectivity index is 1.30. The molecule has 0 aliphatic carbocycles. The van der Waals surface area contributed by atoms with Gasteiger partial charge in [-0.25, -0.2) is 9.18 Å². The Labute approximate surface area is 235 Å². The van der Waals surface area contributed by atoms with Gasteiger partial charge >= 0.3 is 12.0 Å². The molecule has 2 aromatic heterocycles. The Bertz CT molecular complexity index is 1520. The van der Waals surface area contributed by atoms with E-state index in [-0.39, 0.29) is 24.1 Å². The molecule has 11 nitrogen and oxygen atoms in total. The molecule has 41 heavy (non-hydrogen) atoms. The number of H-pyrrole nitrogens is 1. The van der Waals surface area contributed by atoms with Crippen molar-refractivity contribution in [3.63, 3.8) is 0 Å². The number of pyridine rings is 1. The first kappa shape index (κ1) is 28.8. The average Bonchev–Trinajstić information content (AvgIpc) is 3.46. The number of hydrogen-bond donors (Lipinski definition) is 5. The van der Waals surface area contributed by atoms with Crippen molar-refractivity contribution in [1.29, 1.82) is 0 Å². The molecule has 2 heterocycles. The SMILES string of the molecule is COC(=O)CNCCNC(=O)c1c[nH]c(-c2cc(Oc3ccc(NC(=O)Nc4cc(C)ccc4F)cc3)ccn2)c1. The molecular weight excluding hydrogens is 531 g/mol. The van der Waals surface area contributed by atoms with Crippen LogP contribution in [0.5, 0.6) is 11.5 Å². The summed E-state index contributed by atoms with van der Waals surface area (Å²) < 4.78 is 24.4. The van der Waals surface area contributed by atoms with Gasteiger partial charge in [-0.05, 0) is 61.0 Å². The Morgan fingerprint density at radius 3 is 2.54 bits per heavy atom. The molecule has 0 atom stereocenters. The number of rotatable bonds is 11. The average molecular weight is 561 g/mol. The van der Waals surface area contributed by atoms with E-state index in [0.717, 1.165) is 5.56 Å². The van der Waals surface area contributed by atoms with Crippen LogP contribution in [0.25, 0.3) is 11.4 Å². The van der Waals surface area contributed by atoms with E-state index >= 15 is 0 Å². The second-order valence-electron chi connectivity index (χ2n) is 8.88. The number of esters is 1.